The first kappa shape index (κ1) is 24.3. The molecule has 1 atom stereocenters. The maximum absolute atomic E-state index is 12.6. The molecule has 0 fully saturated rings. The number of nitrogens with one attached hydrogen (secondary N) is 1. The van der Waals surface area contributed by atoms with Crippen LogP contribution < -0.4 is 5.32 Å². The van der Waals surface area contributed by atoms with E-state index >= 15 is 0 Å². The molecule has 14 heteroatoms. The largest absolute Gasteiger partial charge is 0.481 e. The molecule has 0 saturated heterocycles. The number of amides is 1. The van der Waals surface area contributed by atoms with E-state index in [9.17, 15) is 24.5 Å². The zero-order valence-electron chi connectivity index (χ0n) is 17.4. The quantitative estimate of drug-likeness (QED) is 0.299. The molecule has 0 bridgehead atoms. The van der Waals surface area contributed by atoms with Gasteiger partial charge in [-0.25, -0.2) is 4.79 Å². The lowest BCUT2D eigenvalue weighted by Crippen LogP contribution is -2.44. The molecule has 0 aliphatic rings. The van der Waals surface area contributed by atoms with Gasteiger partial charge in [-0.3, -0.25) is 19.7 Å². The highest BCUT2D eigenvalue weighted by Gasteiger charge is 2.25. The topological polar surface area (TPSA) is 179 Å². The molecule has 0 saturated carbocycles. The standard InChI is InChI=1S/C20H18N6O7S/c27-17(16(10-18(28)29)21-20(30)33-12-13-4-2-1-3-5-13)11-25-23-19(22-24-25)34-15-8-6-14(7-9-15)26(31)32/h1-9,16H,10-12H2,(H,21,30)(H,28,29). The second kappa shape index (κ2) is 11.5. The number of aromatic nitrogens is 4. The first-order valence-electron chi connectivity index (χ1n) is 9.72. The second-order valence-corrected chi connectivity index (χ2v) is 7.82. The predicted octanol–water partition coefficient (Wildman–Crippen LogP) is 2.07. The Kier molecular flexibility index (Phi) is 8.23. The fourth-order valence-corrected chi connectivity index (χ4v) is 3.35. The Balaban J connectivity index is 1.57. The third-order valence-electron chi connectivity index (χ3n) is 4.26. The maximum atomic E-state index is 12.6. The molecular formula is C20H18N6O7S. The summed E-state index contributed by atoms with van der Waals surface area (Å²) in [4.78, 5) is 47.6. The van der Waals surface area contributed by atoms with Crippen LogP contribution in [-0.4, -0.2) is 54.1 Å². The number of Topliss-reactive ketones (excluding diaryl/α,β-unsaturated/α-hetero) is 1. The van der Waals surface area contributed by atoms with Crippen molar-refractivity contribution in [1.82, 2.24) is 25.5 Å². The summed E-state index contributed by atoms with van der Waals surface area (Å²) >= 11 is 1.07. The second-order valence-electron chi connectivity index (χ2n) is 6.78. The molecule has 176 valence electrons. The summed E-state index contributed by atoms with van der Waals surface area (Å²) in [6, 6.07) is 13.2. The Morgan fingerprint density at radius 3 is 2.50 bits per heavy atom. The fraction of sp³-hybridized carbons (Fsp3) is 0.200. The zero-order valence-corrected chi connectivity index (χ0v) is 18.3. The van der Waals surface area contributed by atoms with Crippen molar-refractivity contribution in [2.24, 2.45) is 0 Å². The molecule has 3 rings (SSSR count). The number of nitro groups is 1. The number of carboxylic acid groups (broad SMARTS) is 1. The van der Waals surface area contributed by atoms with Gasteiger partial charge in [-0.1, -0.05) is 30.3 Å². The third-order valence-corrected chi connectivity index (χ3v) is 5.11. The maximum Gasteiger partial charge on any atom is 0.408 e. The van der Waals surface area contributed by atoms with E-state index in [-0.39, 0.29) is 17.5 Å². The smallest absolute Gasteiger partial charge is 0.408 e. The van der Waals surface area contributed by atoms with Crippen LogP contribution in [-0.2, 0) is 27.5 Å². The zero-order chi connectivity index (χ0) is 24.5. The van der Waals surface area contributed by atoms with Gasteiger partial charge in [0.25, 0.3) is 5.69 Å². The van der Waals surface area contributed by atoms with E-state index in [2.05, 4.69) is 20.7 Å². The molecule has 2 N–H and O–H groups in total. The van der Waals surface area contributed by atoms with Crippen LogP contribution in [0.25, 0.3) is 0 Å². The first-order valence-corrected chi connectivity index (χ1v) is 10.5. The number of carbonyl (C=O) groups is 3. The van der Waals surface area contributed by atoms with Crippen LogP contribution in [0.5, 0.6) is 0 Å². The molecular weight excluding hydrogens is 468 g/mol. The number of hydrogen-bond acceptors (Lipinski definition) is 10. The van der Waals surface area contributed by atoms with E-state index < -0.39 is 41.8 Å². The number of non-ortho nitro benzene ring substituents is 1. The molecule has 0 spiro atoms. The molecule has 34 heavy (non-hydrogen) atoms. The Bertz CT molecular complexity index is 1170. The normalized spacial score (nSPS) is 11.4. The number of rotatable bonds is 11. The Morgan fingerprint density at radius 2 is 1.85 bits per heavy atom. The molecule has 1 heterocycles. The third kappa shape index (κ3) is 7.37. The molecule has 0 aliphatic heterocycles. The average molecular weight is 486 g/mol. The summed E-state index contributed by atoms with van der Waals surface area (Å²) in [5, 5.41) is 33.8. The average Bonchev–Trinajstić information content (AvgIpc) is 3.24. The van der Waals surface area contributed by atoms with Gasteiger partial charge in [-0.15, -0.1) is 10.2 Å². The summed E-state index contributed by atoms with van der Waals surface area (Å²) < 4.78 is 5.04. The molecule has 13 nitrogen and oxygen atoms in total. The van der Waals surface area contributed by atoms with Crippen molar-refractivity contribution in [3.63, 3.8) is 0 Å². The Hall–Kier alpha value is -4.33. The van der Waals surface area contributed by atoms with Crippen molar-refractivity contribution >= 4 is 35.3 Å². The predicted molar refractivity (Wildman–Crippen MR) is 116 cm³/mol. The minimum absolute atomic E-state index is 0.0471. The van der Waals surface area contributed by atoms with Crippen molar-refractivity contribution in [2.75, 3.05) is 0 Å². The van der Waals surface area contributed by atoms with Crippen molar-refractivity contribution in [2.45, 2.75) is 35.7 Å². The summed E-state index contributed by atoms with van der Waals surface area (Å²) in [5.41, 5.74) is 0.662. The number of nitro benzene ring substituents is 1. The molecule has 1 unspecified atom stereocenters. The highest BCUT2D eigenvalue weighted by Crippen LogP contribution is 2.25. The highest BCUT2D eigenvalue weighted by molar-refractivity contribution is 7.99. The van der Waals surface area contributed by atoms with Gasteiger partial charge >= 0.3 is 12.1 Å². The number of carboxylic acids is 1. The molecule has 2 aromatic carbocycles. The number of tetrazole rings is 1. The number of ether oxygens (including phenoxy) is 1. The van der Waals surface area contributed by atoms with Gasteiger partial charge in [-0.2, -0.15) is 4.80 Å². The number of aliphatic carboxylic acids is 1. The van der Waals surface area contributed by atoms with Crippen molar-refractivity contribution in [1.29, 1.82) is 0 Å². The number of carbonyl (C=O) groups excluding carboxylic acids is 2. The lowest BCUT2D eigenvalue weighted by Gasteiger charge is -2.15. The van der Waals surface area contributed by atoms with E-state index in [1.54, 1.807) is 30.3 Å². The van der Waals surface area contributed by atoms with Crippen LogP contribution >= 0.6 is 11.8 Å². The lowest BCUT2D eigenvalue weighted by molar-refractivity contribution is -0.384. The number of hydrogen-bond donors (Lipinski definition) is 2. The van der Waals surface area contributed by atoms with Crippen LogP contribution in [0.4, 0.5) is 10.5 Å². The Labute approximate surface area is 196 Å². The van der Waals surface area contributed by atoms with E-state index in [4.69, 9.17) is 9.84 Å². The van der Waals surface area contributed by atoms with Crippen LogP contribution in [0, 0.1) is 10.1 Å². The van der Waals surface area contributed by atoms with E-state index in [1.807, 2.05) is 0 Å². The monoisotopic (exact) mass is 486 g/mol. The number of nitrogens with zero attached hydrogens (tertiary/aromatic N) is 5. The van der Waals surface area contributed by atoms with Crippen LogP contribution in [0.15, 0.2) is 64.6 Å². The minimum Gasteiger partial charge on any atom is -0.481 e. The molecule has 3 aromatic rings. The summed E-state index contributed by atoms with van der Waals surface area (Å²) in [5.74, 6) is -1.95. The lowest BCUT2D eigenvalue weighted by atomic mass is 10.1. The summed E-state index contributed by atoms with van der Waals surface area (Å²) in [7, 11) is 0. The van der Waals surface area contributed by atoms with E-state index in [0.717, 1.165) is 22.1 Å². The first-order chi connectivity index (χ1) is 16.3. The van der Waals surface area contributed by atoms with Gasteiger partial charge in [-0.05, 0) is 34.7 Å². The van der Waals surface area contributed by atoms with Crippen LogP contribution in [0.3, 0.4) is 0 Å². The van der Waals surface area contributed by atoms with Gasteiger partial charge < -0.3 is 15.2 Å². The SMILES string of the molecule is O=C(O)CC(NC(=O)OCc1ccccc1)C(=O)Cn1nnc(Sc2ccc([N+](=O)[O-])cc2)n1. The van der Waals surface area contributed by atoms with Gasteiger partial charge in [0.05, 0.1) is 11.3 Å². The molecule has 1 amide bonds. The van der Waals surface area contributed by atoms with Gasteiger partial charge in [0.2, 0.25) is 5.16 Å². The fourth-order valence-electron chi connectivity index (χ4n) is 2.65. The molecule has 0 radical (unpaired) electrons. The number of ketones is 1. The van der Waals surface area contributed by atoms with Crippen molar-refractivity contribution in [3.05, 3.63) is 70.3 Å². The van der Waals surface area contributed by atoms with Crippen molar-refractivity contribution < 1.29 is 29.2 Å². The number of benzene rings is 2. The van der Waals surface area contributed by atoms with Gasteiger partial charge in [0.15, 0.2) is 5.78 Å². The molecule has 0 aliphatic carbocycles. The van der Waals surface area contributed by atoms with Crippen molar-refractivity contribution in [3.8, 4) is 0 Å². The highest BCUT2D eigenvalue weighted by atomic mass is 32.2. The minimum atomic E-state index is -1.36. The van der Waals surface area contributed by atoms with Gasteiger partial charge in [0, 0.05) is 17.0 Å². The van der Waals surface area contributed by atoms with Crippen LogP contribution in [0.1, 0.15) is 12.0 Å². The number of alkyl carbamates (subject to hydrolysis) is 1. The summed E-state index contributed by atoms with van der Waals surface area (Å²) in [6.07, 6.45) is -1.59. The van der Waals surface area contributed by atoms with E-state index in [0.29, 0.717) is 4.90 Å². The van der Waals surface area contributed by atoms with Gasteiger partial charge in [0.1, 0.15) is 19.2 Å². The molecule has 1 aromatic heterocycles. The van der Waals surface area contributed by atoms with Crippen LogP contribution in [0.2, 0.25) is 0 Å². The van der Waals surface area contributed by atoms with E-state index in [1.165, 1.54) is 24.3 Å². The Morgan fingerprint density at radius 1 is 1.15 bits per heavy atom. The summed E-state index contributed by atoms with van der Waals surface area (Å²) in [6.45, 7) is -0.487.